The average molecular weight is 386 g/mol. The summed E-state index contributed by atoms with van der Waals surface area (Å²) in [4.78, 5) is 28.6. The number of aromatic nitrogens is 1. The summed E-state index contributed by atoms with van der Waals surface area (Å²) in [5.74, 6) is -0.711. The summed E-state index contributed by atoms with van der Waals surface area (Å²) in [7, 11) is 0. The summed E-state index contributed by atoms with van der Waals surface area (Å²) < 4.78 is 0. The van der Waals surface area contributed by atoms with Gasteiger partial charge in [-0.2, -0.15) is 0 Å². The van der Waals surface area contributed by atoms with E-state index in [0.717, 1.165) is 0 Å². The van der Waals surface area contributed by atoms with Gasteiger partial charge in [-0.1, -0.05) is 35.3 Å². The van der Waals surface area contributed by atoms with Crippen LogP contribution in [0.5, 0.6) is 0 Å². The zero-order chi connectivity index (χ0) is 18.5. The number of amides is 2. The van der Waals surface area contributed by atoms with Gasteiger partial charge in [0.25, 0.3) is 11.8 Å². The van der Waals surface area contributed by atoms with Crippen molar-refractivity contribution in [2.75, 3.05) is 10.6 Å². The number of anilines is 2. The molecule has 0 bridgehead atoms. The van der Waals surface area contributed by atoms with Crippen LogP contribution in [0.1, 0.15) is 20.7 Å². The van der Waals surface area contributed by atoms with Crippen LogP contribution in [0, 0.1) is 0 Å². The quantitative estimate of drug-likeness (QED) is 0.671. The molecule has 26 heavy (non-hydrogen) atoms. The number of nitrogens with zero attached hydrogens (tertiary/aromatic N) is 1. The molecule has 0 atom stereocenters. The van der Waals surface area contributed by atoms with Gasteiger partial charge in [0.05, 0.1) is 15.6 Å². The molecule has 0 saturated heterocycles. The number of hydrogen-bond donors (Lipinski definition) is 2. The van der Waals surface area contributed by atoms with Gasteiger partial charge in [-0.3, -0.25) is 14.6 Å². The second kappa shape index (κ2) is 7.99. The van der Waals surface area contributed by atoms with Crippen LogP contribution >= 0.6 is 23.2 Å². The van der Waals surface area contributed by atoms with Crippen molar-refractivity contribution in [3.63, 3.8) is 0 Å². The molecule has 5 nitrogen and oxygen atoms in total. The lowest BCUT2D eigenvalue weighted by atomic mass is 10.1. The van der Waals surface area contributed by atoms with Gasteiger partial charge in [-0.05, 0) is 42.5 Å². The number of benzene rings is 2. The molecule has 2 amide bonds. The molecule has 0 aliphatic heterocycles. The van der Waals surface area contributed by atoms with Gasteiger partial charge in [-0.25, -0.2) is 0 Å². The fourth-order valence-corrected chi connectivity index (χ4v) is 2.64. The minimum Gasteiger partial charge on any atom is -0.322 e. The first-order chi connectivity index (χ1) is 12.5. The molecule has 3 aromatic rings. The normalized spacial score (nSPS) is 10.2. The van der Waals surface area contributed by atoms with E-state index in [1.807, 2.05) is 0 Å². The SMILES string of the molecule is O=C(Nc1ccncc1)c1cccc(NC(=O)c2cccc(Cl)c2Cl)c1. The minimum absolute atomic E-state index is 0.179. The van der Waals surface area contributed by atoms with Gasteiger partial charge < -0.3 is 10.6 Å². The maximum Gasteiger partial charge on any atom is 0.257 e. The predicted molar refractivity (Wildman–Crippen MR) is 103 cm³/mol. The number of halogens is 2. The Morgan fingerprint density at radius 3 is 2.27 bits per heavy atom. The number of hydrogen-bond acceptors (Lipinski definition) is 3. The molecule has 2 aromatic carbocycles. The Kier molecular flexibility index (Phi) is 5.51. The van der Waals surface area contributed by atoms with E-state index in [4.69, 9.17) is 23.2 Å². The zero-order valence-corrected chi connectivity index (χ0v) is 14.9. The number of carbonyl (C=O) groups excluding carboxylic acids is 2. The average Bonchev–Trinajstić information content (AvgIpc) is 2.65. The number of carbonyl (C=O) groups is 2. The highest BCUT2D eigenvalue weighted by molar-refractivity contribution is 6.44. The van der Waals surface area contributed by atoms with Crippen molar-refractivity contribution in [1.29, 1.82) is 0 Å². The molecular weight excluding hydrogens is 373 g/mol. The molecule has 0 radical (unpaired) electrons. The second-order valence-electron chi connectivity index (χ2n) is 5.33. The highest BCUT2D eigenvalue weighted by atomic mass is 35.5. The van der Waals surface area contributed by atoms with Gasteiger partial charge in [0.2, 0.25) is 0 Å². The van der Waals surface area contributed by atoms with Gasteiger partial charge in [0, 0.05) is 29.3 Å². The van der Waals surface area contributed by atoms with Crippen LogP contribution in [0.3, 0.4) is 0 Å². The summed E-state index contributed by atoms with van der Waals surface area (Å²) in [6.07, 6.45) is 3.17. The fraction of sp³-hybridized carbons (Fsp3) is 0. The first kappa shape index (κ1) is 17.9. The first-order valence-corrected chi connectivity index (χ1v) is 8.37. The van der Waals surface area contributed by atoms with E-state index in [1.165, 1.54) is 0 Å². The lowest BCUT2D eigenvalue weighted by Gasteiger charge is -2.09. The maximum atomic E-state index is 12.4. The third-order valence-corrected chi connectivity index (χ3v) is 4.34. The van der Waals surface area contributed by atoms with E-state index in [1.54, 1.807) is 67.0 Å². The molecule has 1 aromatic heterocycles. The van der Waals surface area contributed by atoms with Gasteiger partial charge >= 0.3 is 0 Å². The standard InChI is InChI=1S/C19H13Cl2N3O2/c20-16-6-2-5-15(17(16)21)19(26)24-14-4-1-3-12(11-14)18(25)23-13-7-9-22-10-8-13/h1-11H,(H,24,26)(H,22,23,25). The summed E-state index contributed by atoms with van der Waals surface area (Å²) in [6.45, 7) is 0. The summed E-state index contributed by atoms with van der Waals surface area (Å²) in [5.41, 5.74) is 1.75. The Balaban J connectivity index is 1.76. The predicted octanol–water partition coefficient (Wildman–Crippen LogP) is 4.89. The Labute approximate surface area is 160 Å². The van der Waals surface area contributed by atoms with Gasteiger partial charge in [-0.15, -0.1) is 0 Å². The maximum absolute atomic E-state index is 12.4. The van der Waals surface area contributed by atoms with E-state index in [0.29, 0.717) is 22.0 Å². The third-order valence-electron chi connectivity index (χ3n) is 3.52. The van der Waals surface area contributed by atoms with E-state index in [9.17, 15) is 9.59 Å². The van der Waals surface area contributed by atoms with Crippen molar-refractivity contribution in [2.45, 2.75) is 0 Å². The molecule has 0 aliphatic rings. The number of rotatable bonds is 4. The van der Waals surface area contributed by atoms with Crippen LogP contribution in [0.15, 0.2) is 67.0 Å². The monoisotopic (exact) mass is 385 g/mol. The fourth-order valence-electron chi connectivity index (χ4n) is 2.25. The second-order valence-corrected chi connectivity index (χ2v) is 6.11. The van der Waals surface area contributed by atoms with Crippen LogP contribution in [-0.2, 0) is 0 Å². The lowest BCUT2D eigenvalue weighted by Crippen LogP contribution is -2.15. The molecule has 0 spiro atoms. The topological polar surface area (TPSA) is 71.1 Å². The molecule has 0 aliphatic carbocycles. The van der Waals surface area contributed by atoms with Crippen molar-refractivity contribution in [3.8, 4) is 0 Å². The summed E-state index contributed by atoms with van der Waals surface area (Å²) in [5, 5.41) is 5.95. The van der Waals surface area contributed by atoms with Crippen LogP contribution in [0.25, 0.3) is 0 Å². The van der Waals surface area contributed by atoms with Crippen LogP contribution < -0.4 is 10.6 Å². The van der Waals surface area contributed by atoms with Crippen molar-refractivity contribution in [2.24, 2.45) is 0 Å². The van der Waals surface area contributed by atoms with Crippen molar-refractivity contribution in [1.82, 2.24) is 4.98 Å². The van der Waals surface area contributed by atoms with Crippen LogP contribution in [0.4, 0.5) is 11.4 Å². The highest BCUT2D eigenvalue weighted by Crippen LogP contribution is 2.26. The van der Waals surface area contributed by atoms with Gasteiger partial charge in [0.1, 0.15) is 0 Å². The Morgan fingerprint density at radius 1 is 0.808 bits per heavy atom. The van der Waals surface area contributed by atoms with E-state index in [2.05, 4.69) is 15.6 Å². The van der Waals surface area contributed by atoms with Crippen molar-refractivity contribution < 1.29 is 9.59 Å². The molecule has 3 rings (SSSR count). The van der Waals surface area contributed by atoms with Crippen LogP contribution in [-0.4, -0.2) is 16.8 Å². The van der Waals surface area contributed by atoms with Crippen molar-refractivity contribution in [3.05, 3.63) is 88.2 Å². The van der Waals surface area contributed by atoms with E-state index < -0.39 is 5.91 Å². The Morgan fingerprint density at radius 2 is 1.50 bits per heavy atom. The molecule has 0 unspecified atom stereocenters. The third kappa shape index (κ3) is 4.20. The largest absolute Gasteiger partial charge is 0.322 e. The zero-order valence-electron chi connectivity index (χ0n) is 13.4. The number of pyridine rings is 1. The van der Waals surface area contributed by atoms with E-state index >= 15 is 0 Å². The molecule has 7 heteroatoms. The molecule has 1 heterocycles. The summed E-state index contributed by atoms with van der Waals surface area (Å²) in [6, 6.07) is 14.8. The number of nitrogens with one attached hydrogen (secondary N) is 2. The molecule has 0 fully saturated rings. The molecule has 2 N–H and O–H groups in total. The van der Waals surface area contributed by atoms with Crippen molar-refractivity contribution >= 4 is 46.4 Å². The van der Waals surface area contributed by atoms with Gasteiger partial charge in [0.15, 0.2) is 0 Å². The van der Waals surface area contributed by atoms with Crippen LogP contribution in [0.2, 0.25) is 10.0 Å². The molecule has 130 valence electrons. The lowest BCUT2D eigenvalue weighted by molar-refractivity contribution is 0.101. The van der Waals surface area contributed by atoms with E-state index in [-0.39, 0.29) is 16.5 Å². The summed E-state index contributed by atoms with van der Waals surface area (Å²) >= 11 is 12.0. The Bertz CT molecular complexity index is 962. The minimum atomic E-state index is -0.413. The molecule has 0 saturated carbocycles. The first-order valence-electron chi connectivity index (χ1n) is 7.61. The Hall–Kier alpha value is -2.89. The highest BCUT2D eigenvalue weighted by Gasteiger charge is 2.14. The smallest absolute Gasteiger partial charge is 0.257 e. The molecular formula is C19H13Cl2N3O2.